The highest BCUT2D eigenvalue weighted by Crippen LogP contribution is 2.32. The predicted molar refractivity (Wildman–Crippen MR) is 126 cm³/mol. The van der Waals surface area contributed by atoms with Crippen molar-refractivity contribution in [2.45, 2.75) is 31.7 Å². The van der Waals surface area contributed by atoms with E-state index in [1.165, 1.54) is 24.3 Å². The molecule has 6 nitrogen and oxygen atoms in total. The van der Waals surface area contributed by atoms with Crippen molar-refractivity contribution in [1.82, 2.24) is 5.32 Å². The number of hydrogen-bond donors (Lipinski definition) is 1. The van der Waals surface area contributed by atoms with Crippen molar-refractivity contribution in [2.75, 3.05) is 17.5 Å². The van der Waals surface area contributed by atoms with E-state index in [0.29, 0.717) is 17.9 Å². The summed E-state index contributed by atoms with van der Waals surface area (Å²) in [6.45, 7) is 5.29. The van der Waals surface area contributed by atoms with E-state index in [1.807, 2.05) is 6.92 Å². The number of hydrogen-bond acceptors (Lipinski definition) is 4. The van der Waals surface area contributed by atoms with Crippen LogP contribution < -0.4 is 14.4 Å². The molecule has 0 aliphatic heterocycles. The molecule has 33 heavy (non-hydrogen) atoms. The van der Waals surface area contributed by atoms with Gasteiger partial charge in [-0.3, -0.25) is 9.10 Å². The molecule has 0 saturated heterocycles. The third kappa shape index (κ3) is 5.90. The molecule has 3 rings (SSSR count). The second-order valence-electron chi connectivity index (χ2n) is 7.57. The molecule has 0 aliphatic rings. The van der Waals surface area contributed by atoms with Gasteiger partial charge in [0.25, 0.3) is 10.0 Å². The summed E-state index contributed by atoms with van der Waals surface area (Å²) in [5.74, 6) is -0.524. The number of carbonyl (C=O) groups is 1. The van der Waals surface area contributed by atoms with Crippen molar-refractivity contribution in [1.29, 1.82) is 0 Å². The molecule has 3 aromatic carbocycles. The second kappa shape index (κ2) is 10.5. The van der Waals surface area contributed by atoms with E-state index in [4.69, 9.17) is 4.74 Å². The lowest BCUT2D eigenvalue weighted by molar-refractivity contribution is -0.120. The highest BCUT2D eigenvalue weighted by atomic mass is 32.2. The molecule has 1 amide bonds. The van der Waals surface area contributed by atoms with Crippen LogP contribution in [0.15, 0.2) is 77.7 Å². The molecule has 1 atom stereocenters. The summed E-state index contributed by atoms with van der Waals surface area (Å²) in [5, 5.41) is 2.79. The highest BCUT2D eigenvalue weighted by Gasteiger charge is 2.29. The summed E-state index contributed by atoms with van der Waals surface area (Å²) in [5.41, 5.74) is 1.89. The summed E-state index contributed by atoms with van der Waals surface area (Å²) >= 11 is 0. The minimum Gasteiger partial charge on any atom is -0.492 e. The Morgan fingerprint density at radius 1 is 1.03 bits per heavy atom. The number of aryl methyl sites for hydroxylation is 1. The Balaban J connectivity index is 1.94. The minimum atomic E-state index is -4.07. The lowest BCUT2D eigenvalue weighted by Crippen LogP contribution is -2.41. The summed E-state index contributed by atoms with van der Waals surface area (Å²) in [6, 6.07) is 18.5. The fraction of sp³-hybridized carbons (Fsp3) is 0.240. The predicted octanol–water partition coefficient (Wildman–Crippen LogP) is 4.61. The molecule has 0 heterocycles. The molecular weight excluding hydrogens is 443 g/mol. The molecule has 0 radical (unpaired) electrons. The first-order valence-corrected chi connectivity index (χ1v) is 12.0. The topological polar surface area (TPSA) is 75.7 Å². The minimum absolute atomic E-state index is 0.0683. The number of ether oxygens (including phenoxy) is 1. The largest absolute Gasteiger partial charge is 0.492 e. The maximum Gasteiger partial charge on any atom is 0.264 e. The molecule has 1 N–H and O–H groups in total. The quantitative estimate of drug-likeness (QED) is 0.496. The maximum absolute atomic E-state index is 13.6. The summed E-state index contributed by atoms with van der Waals surface area (Å²) in [7, 11) is -4.07. The number of anilines is 1. The number of rotatable bonds is 9. The number of halogens is 1. The van der Waals surface area contributed by atoms with E-state index in [0.717, 1.165) is 9.87 Å². The van der Waals surface area contributed by atoms with E-state index in [-0.39, 0.29) is 16.4 Å². The third-order valence-electron chi connectivity index (χ3n) is 5.08. The van der Waals surface area contributed by atoms with E-state index >= 15 is 0 Å². The summed E-state index contributed by atoms with van der Waals surface area (Å²) < 4.78 is 47.1. The fourth-order valence-electron chi connectivity index (χ4n) is 3.33. The van der Waals surface area contributed by atoms with Crippen LogP contribution in [0.4, 0.5) is 10.1 Å². The van der Waals surface area contributed by atoms with Gasteiger partial charge >= 0.3 is 0 Å². The normalized spacial score (nSPS) is 12.1. The highest BCUT2D eigenvalue weighted by molar-refractivity contribution is 7.92. The first-order chi connectivity index (χ1) is 15.7. The van der Waals surface area contributed by atoms with Crippen LogP contribution >= 0.6 is 0 Å². The summed E-state index contributed by atoms with van der Waals surface area (Å²) in [4.78, 5) is 13.0. The molecule has 0 spiro atoms. The average Bonchev–Trinajstić information content (AvgIpc) is 2.79. The van der Waals surface area contributed by atoms with E-state index in [2.05, 4.69) is 5.32 Å². The van der Waals surface area contributed by atoms with Crippen molar-refractivity contribution >= 4 is 21.6 Å². The van der Waals surface area contributed by atoms with Gasteiger partial charge in [0.2, 0.25) is 5.91 Å². The smallest absolute Gasteiger partial charge is 0.264 e. The summed E-state index contributed by atoms with van der Waals surface area (Å²) in [6.07, 6.45) is 0. The van der Waals surface area contributed by atoms with Crippen LogP contribution in [0.3, 0.4) is 0 Å². The van der Waals surface area contributed by atoms with Gasteiger partial charge in [0, 0.05) is 0 Å². The number of nitrogens with one attached hydrogen (secondary N) is 1. The van der Waals surface area contributed by atoms with Crippen LogP contribution in [0.25, 0.3) is 0 Å². The van der Waals surface area contributed by atoms with Crippen LogP contribution in [-0.2, 0) is 14.8 Å². The van der Waals surface area contributed by atoms with Gasteiger partial charge in [0.1, 0.15) is 18.1 Å². The fourth-order valence-corrected chi connectivity index (χ4v) is 4.76. The Hall–Kier alpha value is -3.39. The second-order valence-corrected chi connectivity index (χ2v) is 9.43. The standard InChI is InChI=1S/C25H27FN2O4S/c1-4-32-24-8-6-5-7-23(24)28(33(30,31)22-15-9-18(2)10-16-22)17-25(29)27-19(3)20-11-13-21(26)14-12-20/h5-16,19H,4,17H2,1-3H3,(H,27,29). The zero-order chi connectivity index (χ0) is 24.0. The molecule has 3 aromatic rings. The van der Waals surface area contributed by atoms with Crippen molar-refractivity contribution in [2.24, 2.45) is 0 Å². The molecule has 0 fully saturated rings. The molecule has 174 valence electrons. The Labute approximate surface area is 194 Å². The maximum atomic E-state index is 13.6. The first kappa shape index (κ1) is 24.3. The van der Waals surface area contributed by atoms with E-state index in [9.17, 15) is 17.6 Å². The van der Waals surface area contributed by atoms with Gasteiger partial charge in [-0.05, 0) is 62.7 Å². The molecule has 0 aromatic heterocycles. The third-order valence-corrected chi connectivity index (χ3v) is 6.85. The average molecular weight is 471 g/mol. The van der Waals surface area contributed by atoms with E-state index < -0.39 is 28.5 Å². The zero-order valence-corrected chi connectivity index (χ0v) is 19.6. The number of carbonyl (C=O) groups excluding carboxylic acids is 1. The number of para-hydroxylation sites is 2. The van der Waals surface area contributed by atoms with Crippen LogP contribution in [0, 0.1) is 12.7 Å². The van der Waals surface area contributed by atoms with Crippen LogP contribution in [0.1, 0.15) is 31.0 Å². The van der Waals surface area contributed by atoms with Crippen molar-refractivity contribution in [3.8, 4) is 5.75 Å². The van der Waals surface area contributed by atoms with Gasteiger partial charge in [-0.2, -0.15) is 0 Å². The Bertz CT molecular complexity index is 1200. The Kier molecular flexibility index (Phi) is 7.71. The van der Waals surface area contributed by atoms with Crippen molar-refractivity contribution in [3.05, 3.63) is 89.7 Å². The van der Waals surface area contributed by atoms with Crippen LogP contribution in [0.2, 0.25) is 0 Å². The van der Waals surface area contributed by atoms with Crippen LogP contribution in [-0.4, -0.2) is 27.5 Å². The molecule has 1 unspecified atom stereocenters. The van der Waals surface area contributed by atoms with E-state index in [1.54, 1.807) is 62.4 Å². The van der Waals surface area contributed by atoms with Crippen molar-refractivity contribution < 1.29 is 22.3 Å². The molecule has 8 heteroatoms. The van der Waals surface area contributed by atoms with Gasteiger partial charge in [0.15, 0.2) is 0 Å². The number of benzene rings is 3. The van der Waals surface area contributed by atoms with Gasteiger partial charge in [-0.1, -0.05) is 42.0 Å². The number of nitrogens with zero attached hydrogens (tertiary/aromatic N) is 1. The first-order valence-electron chi connectivity index (χ1n) is 10.6. The van der Waals surface area contributed by atoms with Gasteiger partial charge < -0.3 is 10.1 Å². The lowest BCUT2D eigenvalue weighted by atomic mass is 10.1. The molecule has 0 saturated carbocycles. The molecule has 0 bridgehead atoms. The zero-order valence-electron chi connectivity index (χ0n) is 18.8. The molecule has 0 aliphatic carbocycles. The number of sulfonamides is 1. The lowest BCUT2D eigenvalue weighted by Gasteiger charge is -2.26. The Morgan fingerprint density at radius 2 is 1.67 bits per heavy atom. The Morgan fingerprint density at radius 3 is 2.30 bits per heavy atom. The molecular formula is C25H27FN2O4S. The van der Waals surface area contributed by atoms with Gasteiger partial charge in [-0.15, -0.1) is 0 Å². The SMILES string of the molecule is CCOc1ccccc1N(CC(=O)NC(C)c1ccc(F)cc1)S(=O)(=O)c1ccc(C)cc1. The number of amides is 1. The monoisotopic (exact) mass is 470 g/mol. The van der Waals surface area contributed by atoms with Gasteiger partial charge in [-0.25, -0.2) is 12.8 Å². The van der Waals surface area contributed by atoms with Gasteiger partial charge in [0.05, 0.1) is 23.2 Å². The van der Waals surface area contributed by atoms with Crippen molar-refractivity contribution in [3.63, 3.8) is 0 Å². The van der Waals surface area contributed by atoms with Crippen LogP contribution in [0.5, 0.6) is 5.75 Å².